The van der Waals surface area contributed by atoms with Gasteiger partial charge in [0.1, 0.15) is 5.76 Å². The Morgan fingerprint density at radius 1 is 1.32 bits per heavy atom. The minimum atomic E-state index is 0.0581. The fourth-order valence-corrected chi connectivity index (χ4v) is 6.25. The highest BCUT2D eigenvalue weighted by Gasteiger charge is 2.51. The van der Waals surface area contributed by atoms with Crippen molar-refractivity contribution in [3.05, 3.63) is 28.7 Å². The first-order chi connectivity index (χ1) is 11.9. The molecule has 4 heteroatoms. The van der Waals surface area contributed by atoms with E-state index in [1.165, 1.54) is 31.2 Å². The largest absolute Gasteiger partial charge is 0.396 e. The Morgan fingerprint density at radius 2 is 2.12 bits per heavy atom. The summed E-state index contributed by atoms with van der Waals surface area (Å²) in [5.74, 6) is 2.19. The predicted octanol–water partition coefficient (Wildman–Crippen LogP) is 3.49. The van der Waals surface area contributed by atoms with E-state index >= 15 is 0 Å². The topological polar surface area (TPSA) is 72.3 Å². The Balaban J connectivity index is 1.71. The van der Waals surface area contributed by atoms with Gasteiger partial charge in [-0.1, -0.05) is 37.1 Å². The summed E-state index contributed by atoms with van der Waals surface area (Å²) in [6.07, 6.45) is 8.49. The molecule has 0 amide bonds. The van der Waals surface area contributed by atoms with Crippen molar-refractivity contribution in [1.82, 2.24) is 5.16 Å². The molecule has 0 aromatic carbocycles. The smallest absolute Gasteiger partial charge is 0.140 e. The van der Waals surface area contributed by atoms with Crippen molar-refractivity contribution in [2.75, 3.05) is 13.2 Å². The number of allylic oxidation sites excluding steroid dienone is 1. The summed E-state index contributed by atoms with van der Waals surface area (Å²) in [6.45, 7) is 8.10. The standard InChI is InChI=1S/C21H32N2O2/c1-20(2)7-6-15-16(10-22)18(5-4-17(15)20)21(3)9-13-11-23-25-19(13)8-14(21)12-24/h11,14,16,18,24H,4-10,12,22H2,1-3H3/t14-,16+,18+,21+/m1/s1. The summed E-state index contributed by atoms with van der Waals surface area (Å²) in [6, 6.07) is 0. The average molecular weight is 344 g/mol. The molecule has 138 valence electrons. The van der Waals surface area contributed by atoms with E-state index in [2.05, 4.69) is 25.9 Å². The Bertz CT molecular complexity index is 690. The van der Waals surface area contributed by atoms with Gasteiger partial charge in [-0.25, -0.2) is 0 Å². The maximum Gasteiger partial charge on any atom is 0.140 e. The third-order valence-corrected chi connectivity index (χ3v) is 7.85. The maximum absolute atomic E-state index is 10.1. The Hall–Kier alpha value is -1.13. The lowest BCUT2D eigenvalue weighted by Crippen LogP contribution is -2.48. The van der Waals surface area contributed by atoms with Crippen molar-refractivity contribution >= 4 is 0 Å². The van der Waals surface area contributed by atoms with Crippen molar-refractivity contribution in [2.24, 2.45) is 34.3 Å². The second kappa shape index (κ2) is 5.95. The van der Waals surface area contributed by atoms with Crippen LogP contribution in [-0.4, -0.2) is 23.4 Å². The molecule has 0 radical (unpaired) electrons. The van der Waals surface area contributed by atoms with Crippen molar-refractivity contribution < 1.29 is 9.63 Å². The first-order valence-electron chi connectivity index (χ1n) is 9.86. The molecule has 1 aromatic heterocycles. The lowest BCUT2D eigenvalue weighted by molar-refractivity contribution is 0.00398. The molecule has 0 spiro atoms. The van der Waals surface area contributed by atoms with E-state index in [0.29, 0.717) is 17.3 Å². The van der Waals surface area contributed by atoms with Gasteiger partial charge in [0.15, 0.2) is 0 Å². The predicted molar refractivity (Wildman–Crippen MR) is 97.9 cm³/mol. The fourth-order valence-electron chi connectivity index (χ4n) is 6.25. The average Bonchev–Trinajstić information content (AvgIpc) is 3.16. The second-order valence-corrected chi connectivity index (χ2v) is 9.42. The van der Waals surface area contributed by atoms with Gasteiger partial charge in [0.05, 0.1) is 6.20 Å². The third kappa shape index (κ3) is 2.52. The quantitative estimate of drug-likeness (QED) is 0.823. The van der Waals surface area contributed by atoms with E-state index in [1.54, 1.807) is 11.1 Å². The molecule has 4 atom stereocenters. The van der Waals surface area contributed by atoms with Gasteiger partial charge >= 0.3 is 0 Å². The van der Waals surface area contributed by atoms with Gasteiger partial charge in [-0.05, 0) is 67.2 Å². The molecule has 0 fully saturated rings. The molecule has 4 rings (SSSR count). The zero-order valence-electron chi connectivity index (χ0n) is 15.8. The number of aromatic nitrogens is 1. The maximum atomic E-state index is 10.1. The third-order valence-electron chi connectivity index (χ3n) is 7.85. The molecule has 0 aliphatic heterocycles. The number of aliphatic hydroxyl groups excluding tert-OH is 1. The molecular formula is C21H32N2O2. The number of nitrogens with zero attached hydrogens (tertiary/aromatic N) is 1. The van der Waals surface area contributed by atoms with Gasteiger partial charge in [-0.3, -0.25) is 0 Å². The van der Waals surface area contributed by atoms with Crippen LogP contribution in [0.25, 0.3) is 0 Å². The highest BCUT2D eigenvalue weighted by Crippen LogP contribution is 2.58. The van der Waals surface area contributed by atoms with Crippen molar-refractivity contribution in [2.45, 2.75) is 59.3 Å². The highest BCUT2D eigenvalue weighted by atomic mass is 16.5. The molecule has 0 saturated heterocycles. The van der Waals surface area contributed by atoms with Crippen LogP contribution in [0.4, 0.5) is 0 Å². The highest BCUT2D eigenvalue weighted by molar-refractivity contribution is 5.33. The second-order valence-electron chi connectivity index (χ2n) is 9.42. The van der Waals surface area contributed by atoms with E-state index in [4.69, 9.17) is 10.3 Å². The van der Waals surface area contributed by atoms with Crippen molar-refractivity contribution in [1.29, 1.82) is 0 Å². The molecule has 25 heavy (non-hydrogen) atoms. The lowest BCUT2D eigenvalue weighted by atomic mass is 9.54. The number of rotatable bonds is 3. The monoisotopic (exact) mass is 344 g/mol. The zero-order chi connectivity index (χ0) is 17.8. The van der Waals surface area contributed by atoms with Crippen LogP contribution < -0.4 is 5.73 Å². The summed E-state index contributed by atoms with van der Waals surface area (Å²) in [4.78, 5) is 0. The first kappa shape index (κ1) is 17.3. The number of hydrogen-bond acceptors (Lipinski definition) is 4. The summed E-state index contributed by atoms with van der Waals surface area (Å²) >= 11 is 0. The number of aliphatic hydroxyl groups is 1. The molecule has 4 nitrogen and oxygen atoms in total. The van der Waals surface area contributed by atoms with Crippen LogP contribution in [-0.2, 0) is 12.8 Å². The van der Waals surface area contributed by atoms with Gasteiger partial charge in [0.25, 0.3) is 0 Å². The van der Waals surface area contributed by atoms with Crippen molar-refractivity contribution in [3.63, 3.8) is 0 Å². The van der Waals surface area contributed by atoms with Gasteiger partial charge < -0.3 is 15.4 Å². The number of nitrogens with two attached hydrogens (primary N) is 1. The molecule has 3 N–H and O–H groups in total. The van der Waals surface area contributed by atoms with E-state index in [0.717, 1.165) is 25.1 Å². The molecule has 1 heterocycles. The van der Waals surface area contributed by atoms with E-state index in [-0.39, 0.29) is 17.9 Å². The van der Waals surface area contributed by atoms with Crippen LogP contribution in [0.15, 0.2) is 21.9 Å². The van der Waals surface area contributed by atoms with Crippen LogP contribution in [0, 0.1) is 28.6 Å². The Labute approximate surface area is 150 Å². The van der Waals surface area contributed by atoms with Gasteiger partial charge in [0, 0.05) is 18.6 Å². The SMILES string of the molecule is CC1(C)CCC2=C1CC[C@H]([C@@]1(C)Cc3cnoc3C[C@@H]1CO)[C@H]2CN. The zero-order valence-corrected chi connectivity index (χ0v) is 15.8. The minimum absolute atomic E-state index is 0.0581. The summed E-state index contributed by atoms with van der Waals surface area (Å²) in [7, 11) is 0. The van der Waals surface area contributed by atoms with E-state index in [1.807, 2.05) is 6.20 Å². The minimum Gasteiger partial charge on any atom is -0.396 e. The van der Waals surface area contributed by atoms with Crippen LogP contribution in [0.5, 0.6) is 0 Å². The lowest BCUT2D eigenvalue weighted by Gasteiger charge is -2.51. The summed E-state index contributed by atoms with van der Waals surface area (Å²) < 4.78 is 5.42. The van der Waals surface area contributed by atoms with Crippen molar-refractivity contribution in [3.8, 4) is 0 Å². The summed E-state index contributed by atoms with van der Waals surface area (Å²) in [5, 5.41) is 14.1. The van der Waals surface area contributed by atoms with Gasteiger partial charge in [0.2, 0.25) is 0 Å². The Kier molecular flexibility index (Phi) is 4.12. The van der Waals surface area contributed by atoms with E-state index in [9.17, 15) is 5.11 Å². The van der Waals surface area contributed by atoms with Gasteiger partial charge in [-0.2, -0.15) is 0 Å². The van der Waals surface area contributed by atoms with E-state index < -0.39 is 0 Å². The molecule has 3 aliphatic carbocycles. The van der Waals surface area contributed by atoms with Crippen LogP contribution in [0.2, 0.25) is 0 Å². The fraction of sp³-hybridized carbons (Fsp3) is 0.762. The van der Waals surface area contributed by atoms with Crippen LogP contribution >= 0.6 is 0 Å². The normalized spacial score (nSPS) is 37.1. The van der Waals surface area contributed by atoms with Crippen LogP contribution in [0.3, 0.4) is 0 Å². The Morgan fingerprint density at radius 3 is 2.84 bits per heavy atom. The molecule has 0 bridgehead atoms. The molecule has 3 aliphatic rings. The van der Waals surface area contributed by atoms with Crippen LogP contribution in [0.1, 0.15) is 57.8 Å². The number of fused-ring (bicyclic) bond motifs is 1. The molecular weight excluding hydrogens is 312 g/mol. The molecule has 0 unspecified atom stereocenters. The summed E-state index contributed by atoms with van der Waals surface area (Å²) in [5.41, 5.74) is 11.3. The molecule has 1 aromatic rings. The number of hydrogen-bond donors (Lipinski definition) is 2. The first-order valence-corrected chi connectivity index (χ1v) is 9.86. The van der Waals surface area contributed by atoms with Gasteiger partial charge in [-0.15, -0.1) is 0 Å². The molecule has 0 saturated carbocycles.